The number of carbonyl (C=O) groups excluding carboxylic acids is 1. The Morgan fingerprint density at radius 2 is 2.06 bits per heavy atom. The van der Waals surface area contributed by atoms with E-state index in [0.29, 0.717) is 23.9 Å². The number of amides is 1. The number of hydrogen-bond acceptors (Lipinski definition) is 7. The Kier molecular flexibility index (Phi) is 5.25. The maximum Gasteiger partial charge on any atom is 0.274 e. The van der Waals surface area contributed by atoms with Crippen LogP contribution in [-0.2, 0) is 17.8 Å². The predicted molar refractivity (Wildman–Crippen MR) is 115 cm³/mol. The summed E-state index contributed by atoms with van der Waals surface area (Å²) in [5.41, 5.74) is 0.0556. The summed E-state index contributed by atoms with van der Waals surface area (Å²) in [6, 6.07) is 2.93. The maximum absolute atomic E-state index is 14.0. The summed E-state index contributed by atoms with van der Waals surface area (Å²) in [6.45, 7) is 4.54. The number of hydrogen-bond donors (Lipinski definition) is 1. The van der Waals surface area contributed by atoms with E-state index in [4.69, 9.17) is 4.74 Å². The van der Waals surface area contributed by atoms with Gasteiger partial charge in [-0.15, -0.1) is 10.2 Å². The van der Waals surface area contributed by atoms with Gasteiger partial charge >= 0.3 is 0 Å². The highest BCUT2D eigenvalue weighted by atomic mass is 32.1. The Morgan fingerprint density at radius 3 is 2.79 bits per heavy atom. The van der Waals surface area contributed by atoms with Gasteiger partial charge < -0.3 is 19.3 Å². The largest absolute Gasteiger partial charge is 0.503 e. The van der Waals surface area contributed by atoms with Gasteiger partial charge in [-0.05, 0) is 25.5 Å². The van der Waals surface area contributed by atoms with Gasteiger partial charge in [-0.25, -0.2) is 8.78 Å². The van der Waals surface area contributed by atoms with Crippen LogP contribution in [-0.4, -0.2) is 49.9 Å². The van der Waals surface area contributed by atoms with Gasteiger partial charge in [-0.2, -0.15) is 0 Å². The quantitative estimate of drug-likeness (QED) is 0.625. The van der Waals surface area contributed by atoms with Crippen LogP contribution >= 0.6 is 11.3 Å². The smallest absolute Gasteiger partial charge is 0.274 e. The molecule has 0 saturated carbocycles. The van der Waals surface area contributed by atoms with Gasteiger partial charge in [-0.1, -0.05) is 17.4 Å². The fourth-order valence-electron chi connectivity index (χ4n) is 4.34. The van der Waals surface area contributed by atoms with Crippen molar-refractivity contribution in [1.82, 2.24) is 19.7 Å². The van der Waals surface area contributed by atoms with Crippen LogP contribution in [0.3, 0.4) is 0 Å². The number of aromatic nitrogens is 3. The molecule has 5 rings (SSSR count). The highest BCUT2D eigenvalue weighted by Crippen LogP contribution is 2.37. The number of benzene rings is 1. The van der Waals surface area contributed by atoms with E-state index >= 15 is 0 Å². The second-order valence-electron chi connectivity index (χ2n) is 8.35. The summed E-state index contributed by atoms with van der Waals surface area (Å²) >= 11 is 1.07. The first kappa shape index (κ1) is 21.7. The van der Waals surface area contributed by atoms with Crippen molar-refractivity contribution in [3.63, 3.8) is 0 Å². The number of halogens is 2. The number of aromatic hydroxyl groups is 1. The Balaban J connectivity index is 1.60. The molecule has 172 valence electrons. The molecule has 2 aliphatic heterocycles. The van der Waals surface area contributed by atoms with Gasteiger partial charge in [0.2, 0.25) is 5.43 Å². The molecule has 4 heterocycles. The van der Waals surface area contributed by atoms with Crippen molar-refractivity contribution >= 4 is 17.2 Å². The number of carbonyl (C=O) groups is 1. The van der Waals surface area contributed by atoms with E-state index in [9.17, 15) is 23.5 Å². The molecule has 1 aromatic carbocycles. The molecular weight excluding hydrogens is 454 g/mol. The minimum Gasteiger partial charge on any atom is -0.503 e. The van der Waals surface area contributed by atoms with Crippen LogP contribution in [0.2, 0.25) is 0 Å². The standard InChI is InChI=1S/C22H20F2N4O4S/c1-10(2)27-7-13-8-32-9-15-17(19(29)20(30)18(22(27)31)28(13)15)21-26-25-16(33-21)5-11-3-4-12(23)6-14(11)24/h3-4,6,10,13,30H,5,7-9H2,1-2H3. The molecular formula is C22H20F2N4O4S. The van der Waals surface area contributed by atoms with Crippen molar-refractivity contribution < 1.29 is 23.4 Å². The molecule has 0 fully saturated rings. The summed E-state index contributed by atoms with van der Waals surface area (Å²) in [7, 11) is 0. The van der Waals surface area contributed by atoms with E-state index in [1.165, 1.54) is 6.07 Å². The Labute approximate surface area is 191 Å². The third-order valence-electron chi connectivity index (χ3n) is 5.93. The van der Waals surface area contributed by atoms with Crippen LogP contribution in [0.5, 0.6) is 5.75 Å². The van der Waals surface area contributed by atoms with Crippen molar-refractivity contribution in [3.05, 3.63) is 62.0 Å². The molecule has 0 aliphatic carbocycles. The van der Waals surface area contributed by atoms with Crippen molar-refractivity contribution in [2.75, 3.05) is 13.2 Å². The zero-order chi connectivity index (χ0) is 23.4. The van der Waals surface area contributed by atoms with Gasteiger partial charge in [0, 0.05) is 25.1 Å². The van der Waals surface area contributed by atoms with Crippen LogP contribution in [0, 0.1) is 11.6 Å². The zero-order valence-corrected chi connectivity index (χ0v) is 18.7. The molecule has 2 aliphatic rings. The first-order valence-electron chi connectivity index (χ1n) is 10.4. The molecule has 1 unspecified atom stereocenters. The molecule has 2 aromatic heterocycles. The van der Waals surface area contributed by atoms with E-state index in [0.717, 1.165) is 23.5 Å². The number of pyridine rings is 1. The monoisotopic (exact) mass is 474 g/mol. The second kappa shape index (κ2) is 7.99. The predicted octanol–water partition coefficient (Wildman–Crippen LogP) is 2.88. The molecule has 0 saturated heterocycles. The summed E-state index contributed by atoms with van der Waals surface area (Å²) < 4.78 is 34.6. The van der Waals surface area contributed by atoms with Crippen LogP contribution in [0.25, 0.3) is 10.6 Å². The van der Waals surface area contributed by atoms with E-state index in [-0.39, 0.29) is 46.9 Å². The van der Waals surface area contributed by atoms with Crippen molar-refractivity contribution in [1.29, 1.82) is 0 Å². The van der Waals surface area contributed by atoms with Gasteiger partial charge in [0.05, 0.1) is 30.5 Å². The highest BCUT2D eigenvalue weighted by Gasteiger charge is 2.40. The lowest BCUT2D eigenvalue weighted by molar-refractivity contribution is 0.0203. The molecule has 1 amide bonds. The average molecular weight is 474 g/mol. The topological polar surface area (TPSA) is 97.5 Å². The summed E-state index contributed by atoms with van der Waals surface area (Å²) in [5.74, 6) is -2.41. The first-order valence-corrected chi connectivity index (χ1v) is 11.2. The molecule has 0 radical (unpaired) electrons. The molecule has 8 nitrogen and oxygen atoms in total. The Hall–Kier alpha value is -3.18. The lowest BCUT2D eigenvalue weighted by Gasteiger charge is -2.41. The second-order valence-corrected chi connectivity index (χ2v) is 9.41. The fraction of sp³-hybridized carbons (Fsp3) is 0.364. The van der Waals surface area contributed by atoms with E-state index in [2.05, 4.69) is 10.2 Å². The van der Waals surface area contributed by atoms with Crippen LogP contribution in [0.4, 0.5) is 8.78 Å². The molecule has 3 aromatic rings. The van der Waals surface area contributed by atoms with Crippen molar-refractivity contribution in [3.8, 4) is 16.3 Å². The van der Waals surface area contributed by atoms with Crippen LogP contribution < -0.4 is 5.43 Å². The minimum absolute atomic E-state index is 0.0369. The van der Waals surface area contributed by atoms with Gasteiger partial charge in [-0.3, -0.25) is 9.59 Å². The maximum atomic E-state index is 14.0. The fourth-order valence-corrected chi connectivity index (χ4v) is 5.27. The third-order valence-corrected chi connectivity index (χ3v) is 6.87. The van der Waals surface area contributed by atoms with Crippen molar-refractivity contribution in [2.45, 2.75) is 39.0 Å². The molecule has 1 N–H and O–H groups in total. The number of nitrogens with zero attached hydrogens (tertiary/aromatic N) is 4. The molecule has 1 atom stereocenters. The first-order chi connectivity index (χ1) is 15.8. The lowest BCUT2D eigenvalue weighted by atomic mass is 10.0. The summed E-state index contributed by atoms with van der Waals surface area (Å²) in [6.07, 6.45) is 0.0678. The Morgan fingerprint density at radius 1 is 1.27 bits per heavy atom. The van der Waals surface area contributed by atoms with E-state index < -0.39 is 28.7 Å². The highest BCUT2D eigenvalue weighted by molar-refractivity contribution is 7.14. The molecule has 11 heteroatoms. The SMILES string of the molecule is CC(C)N1CC2COCc3c(-c4nnc(Cc5ccc(F)cc5F)s4)c(=O)c(O)c(n32)C1=O. The molecule has 33 heavy (non-hydrogen) atoms. The summed E-state index contributed by atoms with van der Waals surface area (Å²) in [4.78, 5) is 27.8. The Bertz CT molecular complexity index is 1340. The average Bonchev–Trinajstić information content (AvgIpc) is 3.22. The van der Waals surface area contributed by atoms with E-state index in [1.54, 1.807) is 9.47 Å². The lowest BCUT2D eigenvalue weighted by Crippen LogP contribution is -2.50. The van der Waals surface area contributed by atoms with E-state index in [1.807, 2.05) is 13.8 Å². The third kappa shape index (κ3) is 3.51. The number of rotatable bonds is 4. The molecule has 0 bridgehead atoms. The zero-order valence-electron chi connectivity index (χ0n) is 17.8. The van der Waals surface area contributed by atoms with Gasteiger partial charge in [0.25, 0.3) is 5.91 Å². The summed E-state index contributed by atoms with van der Waals surface area (Å²) in [5, 5.41) is 19.6. The normalized spacial score (nSPS) is 17.5. The number of ether oxygens (including phenoxy) is 1. The minimum atomic E-state index is -0.727. The van der Waals surface area contributed by atoms with Crippen molar-refractivity contribution in [2.24, 2.45) is 0 Å². The van der Waals surface area contributed by atoms with Crippen LogP contribution in [0.1, 0.15) is 46.6 Å². The molecule has 0 spiro atoms. The van der Waals surface area contributed by atoms with Gasteiger partial charge in [0.15, 0.2) is 16.5 Å². The van der Waals surface area contributed by atoms with Gasteiger partial charge in [0.1, 0.15) is 16.6 Å². The van der Waals surface area contributed by atoms with Crippen LogP contribution in [0.15, 0.2) is 23.0 Å².